The Morgan fingerprint density at radius 2 is 0.770 bits per heavy atom. The number of hydrogen-bond donors (Lipinski definition) is 0. The fourth-order valence-electron chi connectivity index (χ4n) is 8.71. The average Bonchev–Trinajstić information content (AvgIpc) is 3.66. The molecular weight excluding hydrogens is 737 g/mol. The molecule has 0 N–H and O–H groups in total. The highest BCUT2D eigenvalue weighted by Crippen LogP contribution is 2.40. The standard InChI is InChI=1S/C59H48N2/c1-4-42(3)43-17-19-45(20-18-43)46-21-23-48(24-22-46)50-29-37-58-56(39-50)57-40-51(30-38-59(57)61(58)55-31-15-41(2)16-32-55)49-27-35-54(36-28-49)60(52-13-9-6-10-14-52)53-33-25-47(26-34-53)44-11-7-5-8-12-44/h5-40,42H,4H2,1-3H3. The number of para-hydroxylation sites is 1. The second-order valence-corrected chi connectivity index (χ2v) is 16.3. The van der Waals surface area contributed by atoms with Crippen LogP contribution in [0.5, 0.6) is 0 Å². The van der Waals surface area contributed by atoms with Crippen molar-refractivity contribution in [2.45, 2.75) is 33.1 Å². The smallest absolute Gasteiger partial charge is 0.0541 e. The summed E-state index contributed by atoms with van der Waals surface area (Å²) in [6.07, 6.45) is 1.15. The van der Waals surface area contributed by atoms with Gasteiger partial charge < -0.3 is 9.47 Å². The number of aromatic nitrogens is 1. The van der Waals surface area contributed by atoms with E-state index in [4.69, 9.17) is 0 Å². The summed E-state index contributed by atoms with van der Waals surface area (Å²) >= 11 is 0. The van der Waals surface area contributed by atoms with Crippen LogP contribution in [0.15, 0.2) is 218 Å². The van der Waals surface area contributed by atoms with Gasteiger partial charge in [-0.05, 0) is 142 Å². The molecule has 61 heavy (non-hydrogen) atoms. The average molecular weight is 785 g/mol. The summed E-state index contributed by atoms with van der Waals surface area (Å²) in [6, 6.07) is 79.9. The van der Waals surface area contributed by atoms with E-state index in [9.17, 15) is 0 Å². The Bertz CT molecular complexity index is 3070. The summed E-state index contributed by atoms with van der Waals surface area (Å²) in [5.41, 5.74) is 19.3. The van der Waals surface area contributed by atoms with Gasteiger partial charge in [-0.25, -0.2) is 0 Å². The molecule has 1 heterocycles. The lowest BCUT2D eigenvalue weighted by Crippen LogP contribution is -2.09. The molecule has 0 aliphatic carbocycles. The van der Waals surface area contributed by atoms with Crippen molar-refractivity contribution in [3.05, 3.63) is 230 Å². The highest BCUT2D eigenvalue weighted by atomic mass is 15.1. The largest absolute Gasteiger partial charge is 0.311 e. The number of rotatable bonds is 10. The van der Waals surface area contributed by atoms with Gasteiger partial charge in [-0.3, -0.25) is 0 Å². The summed E-state index contributed by atoms with van der Waals surface area (Å²) < 4.78 is 2.41. The van der Waals surface area contributed by atoms with Gasteiger partial charge >= 0.3 is 0 Å². The normalized spacial score (nSPS) is 11.9. The first-order valence-electron chi connectivity index (χ1n) is 21.5. The topological polar surface area (TPSA) is 8.17 Å². The van der Waals surface area contributed by atoms with Crippen molar-refractivity contribution >= 4 is 38.9 Å². The predicted octanol–water partition coefficient (Wildman–Crippen LogP) is 16.7. The van der Waals surface area contributed by atoms with E-state index in [1.165, 1.54) is 77.4 Å². The molecule has 0 aliphatic heterocycles. The molecule has 1 aromatic heterocycles. The maximum atomic E-state index is 2.41. The lowest BCUT2D eigenvalue weighted by atomic mass is 9.95. The Kier molecular flexibility index (Phi) is 10.1. The lowest BCUT2D eigenvalue weighted by molar-refractivity contribution is 0.734. The van der Waals surface area contributed by atoms with E-state index in [1.807, 2.05) is 0 Å². The van der Waals surface area contributed by atoms with Crippen molar-refractivity contribution in [2.75, 3.05) is 4.90 Å². The van der Waals surface area contributed by atoms with Crippen molar-refractivity contribution < 1.29 is 0 Å². The molecule has 9 aromatic carbocycles. The molecular formula is C59H48N2. The van der Waals surface area contributed by atoms with Gasteiger partial charge in [0, 0.05) is 33.5 Å². The second-order valence-electron chi connectivity index (χ2n) is 16.3. The van der Waals surface area contributed by atoms with Crippen LogP contribution >= 0.6 is 0 Å². The molecule has 0 aliphatic rings. The molecule has 0 fully saturated rings. The van der Waals surface area contributed by atoms with E-state index in [1.54, 1.807) is 0 Å². The SMILES string of the molecule is CCC(C)c1ccc(-c2ccc(-c3ccc4c(c3)c3cc(-c5ccc(N(c6ccccc6)c6ccc(-c7ccccc7)cc6)cc5)ccc3n4-c3ccc(C)cc3)cc2)cc1. The maximum Gasteiger partial charge on any atom is 0.0541 e. The van der Waals surface area contributed by atoms with Crippen LogP contribution in [0.3, 0.4) is 0 Å². The quantitative estimate of drug-likeness (QED) is 0.134. The minimum Gasteiger partial charge on any atom is -0.311 e. The Balaban J connectivity index is 1.02. The third-order valence-electron chi connectivity index (χ3n) is 12.4. The number of benzene rings is 9. The molecule has 0 bridgehead atoms. The Labute approximate surface area is 359 Å². The number of hydrogen-bond acceptors (Lipinski definition) is 1. The Morgan fingerprint density at radius 1 is 0.393 bits per heavy atom. The highest BCUT2D eigenvalue weighted by molar-refractivity contribution is 6.11. The first-order chi connectivity index (χ1) is 30.0. The number of fused-ring (bicyclic) bond motifs is 3. The van der Waals surface area contributed by atoms with Gasteiger partial charge in [-0.15, -0.1) is 0 Å². The van der Waals surface area contributed by atoms with Crippen LogP contribution in [-0.4, -0.2) is 4.57 Å². The zero-order valence-electron chi connectivity index (χ0n) is 35.0. The predicted molar refractivity (Wildman–Crippen MR) is 261 cm³/mol. The highest BCUT2D eigenvalue weighted by Gasteiger charge is 2.17. The molecule has 10 rings (SSSR count). The molecule has 1 unspecified atom stereocenters. The molecule has 0 spiro atoms. The first-order valence-corrected chi connectivity index (χ1v) is 21.5. The molecule has 294 valence electrons. The number of nitrogens with zero attached hydrogens (tertiary/aromatic N) is 2. The lowest BCUT2D eigenvalue weighted by Gasteiger charge is -2.26. The summed E-state index contributed by atoms with van der Waals surface area (Å²) in [5.74, 6) is 0.575. The van der Waals surface area contributed by atoms with Crippen LogP contribution < -0.4 is 4.90 Å². The monoisotopic (exact) mass is 784 g/mol. The van der Waals surface area contributed by atoms with Gasteiger partial charge in [0.2, 0.25) is 0 Å². The summed E-state index contributed by atoms with van der Waals surface area (Å²) in [6.45, 7) is 6.69. The Hall–Kier alpha value is -7.42. The number of anilines is 3. The third-order valence-corrected chi connectivity index (χ3v) is 12.4. The zero-order chi connectivity index (χ0) is 41.3. The summed E-state index contributed by atoms with van der Waals surface area (Å²) in [7, 11) is 0. The van der Waals surface area contributed by atoms with E-state index in [0.29, 0.717) is 5.92 Å². The van der Waals surface area contributed by atoms with Crippen molar-refractivity contribution in [3.63, 3.8) is 0 Å². The van der Waals surface area contributed by atoms with E-state index >= 15 is 0 Å². The van der Waals surface area contributed by atoms with E-state index in [-0.39, 0.29) is 0 Å². The fourth-order valence-corrected chi connectivity index (χ4v) is 8.71. The van der Waals surface area contributed by atoms with Gasteiger partial charge in [0.25, 0.3) is 0 Å². The second kappa shape index (κ2) is 16.3. The molecule has 1 atom stereocenters. The van der Waals surface area contributed by atoms with Crippen molar-refractivity contribution in [2.24, 2.45) is 0 Å². The molecule has 2 nitrogen and oxygen atoms in total. The zero-order valence-corrected chi connectivity index (χ0v) is 35.0. The van der Waals surface area contributed by atoms with Gasteiger partial charge in [0.1, 0.15) is 0 Å². The minimum atomic E-state index is 0.575. The van der Waals surface area contributed by atoms with Gasteiger partial charge in [0.05, 0.1) is 11.0 Å². The van der Waals surface area contributed by atoms with Crippen molar-refractivity contribution in [1.29, 1.82) is 0 Å². The Morgan fingerprint density at radius 3 is 1.25 bits per heavy atom. The fraction of sp³-hybridized carbons (Fsp3) is 0.0847. The van der Waals surface area contributed by atoms with Crippen LogP contribution in [0.25, 0.3) is 72.0 Å². The number of aryl methyl sites for hydroxylation is 1. The van der Waals surface area contributed by atoms with Crippen molar-refractivity contribution in [3.8, 4) is 50.2 Å². The van der Waals surface area contributed by atoms with Crippen LogP contribution in [0, 0.1) is 6.92 Å². The maximum absolute atomic E-state index is 2.41. The molecule has 10 aromatic rings. The van der Waals surface area contributed by atoms with E-state index < -0.39 is 0 Å². The van der Waals surface area contributed by atoms with Crippen molar-refractivity contribution in [1.82, 2.24) is 4.57 Å². The van der Waals surface area contributed by atoms with Gasteiger partial charge in [0.15, 0.2) is 0 Å². The van der Waals surface area contributed by atoms with Gasteiger partial charge in [-0.1, -0.05) is 165 Å². The molecule has 2 heteroatoms. The molecule has 0 saturated heterocycles. The van der Waals surface area contributed by atoms with Crippen LogP contribution in [-0.2, 0) is 0 Å². The molecule has 0 radical (unpaired) electrons. The van der Waals surface area contributed by atoms with E-state index in [2.05, 4.69) is 249 Å². The third kappa shape index (κ3) is 7.43. The van der Waals surface area contributed by atoms with E-state index in [0.717, 1.165) is 29.2 Å². The minimum absolute atomic E-state index is 0.575. The van der Waals surface area contributed by atoms with Gasteiger partial charge in [-0.2, -0.15) is 0 Å². The summed E-state index contributed by atoms with van der Waals surface area (Å²) in [4.78, 5) is 2.33. The van der Waals surface area contributed by atoms with Crippen LogP contribution in [0.2, 0.25) is 0 Å². The molecule has 0 amide bonds. The van der Waals surface area contributed by atoms with Crippen LogP contribution in [0.4, 0.5) is 17.1 Å². The van der Waals surface area contributed by atoms with Crippen LogP contribution in [0.1, 0.15) is 37.3 Å². The first kappa shape index (κ1) is 37.8. The summed E-state index contributed by atoms with van der Waals surface area (Å²) in [5, 5.41) is 2.48. The molecule has 0 saturated carbocycles.